The second-order valence-electron chi connectivity index (χ2n) is 6.30. The van der Waals surface area contributed by atoms with Crippen LogP contribution < -0.4 is 10.6 Å². The second-order valence-corrected chi connectivity index (χ2v) is 11.6. The average Bonchev–Trinajstić information content (AvgIpc) is 2.74. The summed E-state index contributed by atoms with van der Waals surface area (Å²) in [6, 6.07) is 13.5. The zero-order valence-corrected chi connectivity index (χ0v) is 20.3. The zero-order chi connectivity index (χ0) is 23.5. The minimum Gasteiger partial charge on any atom is -0.411 e. The predicted molar refractivity (Wildman–Crippen MR) is 126 cm³/mol. The van der Waals surface area contributed by atoms with E-state index in [0.29, 0.717) is 29.4 Å². The third-order valence-corrected chi connectivity index (χ3v) is 8.25. The van der Waals surface area contributed by atoms with Crippen molar-refractivity contribution in [3.63, 3.8) is 0 Å². The highest BCUT2D eigenvalue weighted by Crippen LogP contribution is 2.41. The van der Waals surface area contributed by atoms with Crippen LogP contribution in [-0.2, 0) is 18.2 Å². The minimum absolute atomic E-state index is 0.00565. The molecule has 2 N–H and O–H groups in total. The minimum atomic E-state index is -2.75. The summed E-state index contributed by atoms with van der Waals surface area (Å²) in [6.45, 7) is 7.57. The van der Waals surface area contributed by atoms with Crippen molar-refractivity contribution >= 4 is 48.3 Å². The molecule has 2 rings (SSSR count). The molecule has 0 aliphatic rings. The van der Waals surface area contributed by atoms with Gasteiger partial charge in [-0.25, -0.2) is 0 Å². The van der Waals surface area contributed by atoms with Crippen molar-refractivity contribution < 1.29 is 28.6 Å². The molecule has 0 aliphatic heterocycles. The largest absolute Gasteiger partial charge is 0.411 e. The molecule has 0 aromatic heterocycles. The van der Waals surface area contributed by atoms with Crippen LogP contribution in [0.1, 0.15) is 25.0 Å². The number of hydrogen-bond donors (Lipinski definition) is 2. The van der Waals surface area contributed by atoms with E-state index in [1.54, 1.807) is 68.8 Å². The van der Waals surface area contributed by atoms with Crippen LogP contribution in [0.5, 0.6) is 0 Å². The summed E-state index contributed by atoms with van der Waals surface area (Å²) in [4.78, 5) is 0. The smallest absolute Gasteiger partial charge is 0.229 e. The first-order chi connectivity index (χ1) is 14.6. The second kappa shape index (κ2) is 12.8. The third kappa shape index (κ3) is 8.60. The van der Waals surface area contributed by atoms with Crippen LogP contribution >= 0.6 is 26.3 Å². The zero-order valence-electron chi connectivity index (χ0n) is 17.8. The van der Waals surface area contributed by atoms with Crippen molar-refractivity contribution in [2.24, 2.45) is 10.3 Å². The standard InChI is InChI=1S/C10H13ClNO3P.C10H14NO3P/c1-3-15-16(2,14)9-6-4-8(5-7-9)10(11)12-13;1-3-14-15(2,13)10-6-4-9(5-7-10)8-11-12/h4-7,13H,3H2,1-2H3;4-8,12H,3H2,1-2H3/b12-10-;11-8+. The van der Waals surface area contributed by atoms with Crippen LogP contribution in [0.2, 0.25) is 0 Å². The third-order valence-electron chi connectivity index (χ3n) is 3.98. The molecular weight excluding hydrogens is 462 g/mol. The van der Waals surface area contributed by atoms with Crippen LogP contribution in [0.4, 0.5) is 0 Å². The van der Waals surface area contributed by atoms with E-state index in [-0.39, 0.29) is 5.17 Å². The highest BCUT2D eigenvalue weighted by Gasteiger charge is 2.18. The Labute approximate surface area is 187 Å². The maximum Gasteiger partial charge on any atom is 0.229 e. The molecule has 0 heterocycles. The lowest BCUT2D eigenvalue weighted by molar-refractivity contribution is 0.320. The number of rotatable bonds is 8. The molecule has 2 atom stereocenters. The van der Waals surface area contributed by atoms with Crippen LogP contribution in [0, 0.1) is 0 Å². The van der Waals surface area contributed by atoms with Gasteiger partial charge >= 0.3 is 0 Å². The van der Waals surface area contributed by atoms with Gasteiger partial charge in [0, 0.05) is 29.5 Å². The van der Waals surface area contributed by atoms with Gasteiger partial charge in [0.2, 0.25) is 14.7 Å². The molecule has 0 aliphatic carbocycles. The summed E-state index contributed by atoms with van der Waals surface area (Å²) in [5.74, 6) is 0. The van der Waals surface area contributed by atoms with Crippen molar-refractivity contribution in [2.45, 2.75) is 13.8 Å². The molecule has 2 aromatic carbocycles. The van der Waals surface area contributed by atoms with E-state index < -0.39 is 14.7 Å². The normalized spacial score (nSPS) is 15.6. The molecule has 2 aromatic rings. The molecule has 2 unspecified atom stereocenters. The molecular formula is C20H27ClN2O6P2. The molecule has 0 spiro atoms. The van der Waals surface area contributed by atoms with E-state index in [9.17, 15) is 9.13 Å². The highest BCUT2D eigenvalue weighted by molar-refractivity contribution is 7.66. The van der Waals surface area contributed by atoms with Gasteiger partial charge in [0.25, 0.3) is 0 Å². The summed E-state index contributed by atoms with van der Waals surface area (Å²) in [5, 5.41) is 23.9. The van der Waals surface area contributed by atoms with Crippen molar-refractivity contribution in [2.75, 3.05) is 26.5 Å². The fourth-order valence-electron chi connectivity index (χ4n) is 2.47. The van der Waals surface area contributed by atoms with Crippen LogP contribution in [0.25, 0.3) is 0 Å². The Hall–Kier alpha value is -1.95. The van der Waals surface area contributed by atoms with Gasteiger partial charge < -0.3 is 19.5 Å². The molecule has 11 heteroatoms. The van der Waals surface area contributed by atoms with Gasteiger partial charge in [-0.15, -0.1) is 0 Å². The monoisotopic (exact) mass is 488 g/mol. The predicted octanol–water partition coefficient (Wildman–Crippen LogP) is 4.70. The first kappa shape index (κ1) is 27.1. The maximum absolute atomic E-state index is 12.0. The molecule has 0 fully saturated rings. The fourth-order valence-corrected chi connectivity index (χ4v) is 5.26. The van der Waals surface area contributed by atoms with Crippen molar-refractivity contribution in [1.82, 2.24) is 0 Å². The quantitative estimate of drug-likeness (QED) is 0.241. The molecule has 0 radical (unpaired) electrons. The van der Waals surface area contributed by atoms with Gasteiger partial charge in [-0.05, 0) is 43.7 Å². The van der Waals surface area contributed by atoms with Gasteiger partial charge in [0.05, 0.1) is 19.4 Å². The summed E-state index contributed by atoms with van der Waals surface area (Å²) in [6.07, 6.45) is 1.31. The molecule has 8 nitrogen and oxygen atoms in total. The Bertz CT molecular complexity index is 978. The lowest BCUT2D eigenvalue weighted by Gasteiger charge is -2.12. The van der Waals surface area contributed by atoms with Crippen LogP contribution in [-0.4, -0.2) is 48.3 Å². The van der Waals surface area contributed by atoms with Crippen LogP contribution in [0.3, 0.4) is 0 Å². The van der Waals surface area contributed by atoms with Crippen molar-refractivity contribution in [3.8, 4) is 0 Å². The number of nitrogens with zero attached hydrogens (tertiary/aromatic N) is 2. The Morgan fingerprint density at radius 3 is 1.68 bits per heavy atom. The fraction of sp³-hybridized carbons (Fsp3) is 0.300. The van der Waals surface area contributed by atoms with Crippen molar-refractivity contribution in [1.29, 1.82) is 0 Å². The molecule has 0 saturated heterocycles. The highest BCUT2D eigenvalue weighted by atomic mass is 35.5. The van der Waals surface area contributed by atoms with E-state index in [2.05, 4.69) is 10.3 Å². The Kier molecular flexibility index (Phi) is 11.2. The topological polar surface area (TPSA) is 118 Å². The Morgan fingerprint density at radius 1 is 0.903 bits per heavy atom. The average molecular weight is 489 g/mol. The molecule has 0 bridgehead atoms. The van der Waals surface area contributed by atoms with Crippen LogP contribution in [0.15, 0.2) is 58.8 Å². The number of benzene rings is 2. The van der Waals surface area contributed by atoms with Gasteiger partial charge in [0.1, 0.15) is 0 Å². The summed E-state index contributed by atoms with van der Waals surface area (Å²) in [5.41, 5.74) is 1.31. The molecule has 170 valence electrons. The van der Waals surface area contributed by atoms with E-state index in [4.69, 9.17) is 31.1 Å². The van der Waals surface area contributed by atoms with Gasteiger partial charge in [-0.1, -0.05) is 46.2 Å². The number of hydrogen-bond acceptors (Lipinski definition) is 8. The van der Waals surface area contributed by atoms with E-state index in [0.717, 1.165) is 5.56 Å². The van der Waals surface area contributed by atoms with E-state index in [1.807, 2.05) is 6.92 Å². The summed E-state index contributed by atoms with van der Waals surface area (Å²) < 4.78 is 34.4. The first-order valence-corrected chi connectivity index (χ1v) is 13.8. The summed E-state index contributed by atoms with van der Waals surface area (Å²) >= 11 is 5.62. The lowest BCUT2D eigenvalue weighted by atomic mass is 10.2. The molecule has 0 saturated carbocycles. The van der Waals surface area contributed by atoms with E-state index >= 15 is 0 Å². The SMILES string of the molecule is CCOP(C)(=O)c1ccc(/C(Cl)=N/O)cc1.CCOP(C)(=O)c1ccc(/C=N/O)cc1. The molecule has 31 heavy (non-hydrogen) atoms. The Morgan fingerprint density at radius 2 is 1.32 bits per heavy atom. The maximum atomic E-state index is 12.0. The number of oxime groups is 2. The van der Waals surface area contributed by atoms with Gasteiger partial charge in [-0.2, -0.15) is 0 Å². The Balaban J connectivity index is 0.000000311. The lowest BCUT2D eigenvalue weighted by Crippen LogP contribution is -2.07. The summed E-state index contributed by atoms with van der Waals surface area (Å²) in [7, 11) is -5.44. The van der Waals surface area contributed by atoms with Gasteiger partial charge in [0.15, 0.2) is 5.17 Å². The first-order valence-electron chi connectivity index (χ1n) is 9.32. The molecule has 0 amide bonds. The van der Waals surface area contributed by atoms with E-state index in [1.165, 1.54) is 6.21 Å². The number of halogens is 1. The van der Waals surface area contributed by atoms with Crippen molar-refractivity contribution in [3.05, 3.63) is 59.7 Å². The van der Waals surface area contributed by atoms with Gasteiger partial charge in [-0.3, -0.25) is 9.13 Å².